The van der Waals surface area contributed by atoms with Crippen molar-refractivity contribution in [3.05, 3.63) is 34.9 Å². The zero-order valence-electron chi connectivity index (χ0n) is 10.1. The first-order valence-electron chi connectivity index (χ1n) is 6.35. The maximum Gasteiger partial charge on any atom is -0.00922 e. The van der Waals surface area contributed by atoms with Crippen molar-refractivity contribution in [2.24, 2.45) is 5.92 Å². The highest BCUT2D eigenvalue weighted by molar-refractivity contribution is 5.37. The van der Waals surface area contributed by atoms with E-state index in [0.29, 0.717) is 0 Å². The van der Waals surface area contributed by atoms with Gasteiger partial charge in [0.1, 0.15) is 0 Å². The van der Waals surface area contributed by atoms with Gasteiger partial charge in [0.15, 0.2) is 0 Å². The minimum atomic E-state index is 0.999. The summed E-state index contributed by atoms with van der Waals surface area (Å²) < 4.78 is 0. The van der Waals surface area contributed by atoms with Crippen molar-refractivity contribution in [1.82, 2.24) is 0 Å². The number of hydrogen-bond acceptors (Lipinski definition) is 0. The second-order valence-electron chi connectivity index (χ2n) is 4.97. The summed E-state index contributed by atoms with van der Waals surface area (Å²) in [7, 11) is 0. The summed E-state index contributed by atoms with van der Waals surface area (Å²) in [5.41, 5.74) is 4.76. The van der Waals surface area contributed by atoms with Crippen molar-refractivity contribution in [3.8, 4) is 0 Å². The Labute approximate surface area is 93.8 Å². The Kier molecular flexibility index (Phi) is 3.45. The Hall–Kier alpha value is -0.780. The van der Waals surface area contributed by atoms with Crippen LogP contribution in [0.3, 0.4) is 0 Å². The van der Waals surface area contributed by atoms with E-state index in [0.717, 1.165) is 5.92 Å². The maximum atomic E-state index is 2.36. The second-order valence-corrected chi connectivity index (χ2v) is 4.97. The molecule has 0 saturated heterocycles. The van der Waals surface area contributed by atoms with Gasteiger partial charge in [-0.05, 0) is 50.5 Å². The first-order valence-corrected chi connectivity index (χ1v) is 6.35. The van der Waals surface area contributed by atoms with E-state index in [-0.39, 0.29) is 0 Å². The number of hydrogen-bond donors (Lipinski definition) is 0. The van der Waals surface area contributed by atoms with E-state index in [9.17, 15) is 0 Å². The summed E-state index contributed by atoms with van der Waals surface area (Å²) in [5, 5.41) is 0. The van der Waals surface area contributed by atoms with Crippen LogP contribution in [0.15, 0.2) is 34.9 Å². The Balaban J connectivity index is 2.01. The predicted molar refractivity (Wildman–Crippen MR) is 66.8 cm³/mol. The highest BCUT2D eigenvalue weighted by Crippen LogP contribution is 2.34. The average Bonchev–Trinajstić information content (AvgIpc) is 2.30. The molecule has 0 radical (unpaired) electrons. The summed E-state index contributed by atoms with van der Waals surface area (Å²) in [6.45, 7) is 4.52. The molecule has 2 aliphatic carbocycles. The van der Waals surface area contributed by atoms with Crippen LogP contribution in [0.5, 0.6) is 0 Å². The van der Waals surface area contributed by atoms with Gasteiger partial charge in [-0.25, -0.2) is 0 Å². The summed E-state index contributed by atoms with van der Waals surface area (Å²) in [4.78, 5) is 0. The molecule has 0 aliphatic heterocycles. The van der Waals surface area contributed by atoms with Gasteiger partial charge in [-0.15, -0.1) is 0 Å². The Morgan fingerprint density at radius 1 is 1.20 bits per heavy atom. The molecule has 0 aromatic rings. The Bertz CT molecular complexity index is 305. The van der Waals surface area contributed by atoms with Gasteiger partial charge in [0.25, 0.3) is 0 Å². The van der Waals surface area contributed by atoms with Crippen LogP contribution in [0.25, 0.3) is 0 Å². The molecular formula is C15H22. The average molecular weight is 202 g/mol. The zero-order chi connectivity index (χ0) is 10.7. The van der Waals surface area contributed by atoms with Crippen molar-refractivity contribution >= 4 is 0 Å². The third-order valence-corrected chi connectivity index (χ3v) is 3.93. The van der Waals surface area contributed by atoms with E-state index < -0.39 is 0 Å². The first-order chi connectivity index (χ1) is 7.29. The molecule has 82 valence electrons. The molecule has 2 aliphatic rings. The SMILES string of the molecule is CCC1CCC(=C2C=CC(C)=CC2)CC1. The molecular weight excluding hydrogens is 180 g/mol. The van der Waals surface area contributed by atoms with Gasteiger partial charge in [-0.1, -0.05) is 42.7 Å². The van der Waals surface area contributed by atoms with E-state index in [1.54, 1.807) is 11.1 Å². The fourth-order valence-corrected chi connectivity index (χ4v) is 2.66. The molecule has 2 rings (SSSR count). The van der Waals surface area contributed by atoms with E-state index in [1.807, 2.05) is 0 Å². The molecule has 0 heteroatoms. The highest BCUT2D eigenvalue weighted by atomic mass is 14.2. The lowest BCUT2D eigenvalue weighted by Crippen LogP contribution is -2.08. The normalized spacial score (nSPS) is 26.8. The first kappa shape index (κ1) is 10.7. The van der Waals surface area contributed by atoms with Crippen LogP contribution >= 0.6 is 0 Å². The molecule has 0 amide bonds. The molecule has 15 heavy (non-hydrogen) atoms. The van der Waals surface area contributed by atoms with Crippen LogP contribution < -0.4 is 0 Å². The van der Waals surface area contributed by atoms with E-state index in [1.165, 1.54) is 44.1 Å². The van der Waals surface area contributed by atoms with Gasteiger partial charge >= 0.3 is 0 Å². The largest absolute Gasteiger partial charge is 0.0772 e. The van der Waals surface area contributed by atoms with Crippen molar-refractivity contribution in [3.63, 3.8) is 0 Å². The quantitative estimate of drug-likeness (QED) is 0.573. The van der Waals surface area contributed by atoms with Crippen molar-refractivity contribution < 1.29 is 0 Å². The van der Waals surface area contributed by atoms with Crippen molar-refractivity contribution in [2.75, 3.05) is 0 Å². The molecule has 0 bridgehead atoms. The standard InChI is InChI=1S/C15H22/c1-3-13-6-10-15(11-7-13)14-8-4-12(2)5-9-14/h4-5,8,13H,3,6-7,9-11H2,1-2H3. The molecule has 0 N–H and O–H groups in total. The summed E-state index contributed by atoms with van der Waals surface area (Å²) >= 11 is 0. The van der Waals surface area contributed by atoms with Gasteiger partial charge < -0.3 is 0 Å². The molecule has 0 nitrogen and oxygen atoms in total. The van der Waals surface area contributed by atoms with Crippen LogP contribution in [0.4, 0.5) is 0 Å². The molecule has 0 aromatic heterocycles. The van der Waals surface area contributed by atoms with Crippen LogP contribution in [-0.4, -0.2) is 0 Å². The second kappa shape index (κ2) is 4.83. The predicted octanol–water partition coefficient (Wildman–Crippen LogP) is 4.79. The monoisotopic (exact) mass is 202 g/mol. The third-order valence-electron chi connectivity index (χ3n) is 3.93. The number of rotatable bonds is 1. The van der Waals surface area contributed by atoms with Gasteiger partial charge in [0, 0.05) is 0 Å². The van der Waals surface area contributed by atoms with Gasteiger partial charge in [0.2, 0.25) is 0 Å². The minimum Gasteiger partial charge on any atom is -0.0772 e. The lowest BCUT2D eigenvalue weighted by atomic mass is 9.81. The van der Waals surface area contributed by atoms with Gasteiger partial charge in [-0.2, -0.15) is 0 Å². The van der Waals surface area contributed by atoms with Crippen LogP contribution in [0, 0.1) is 5.92 Å². The van der Waals surface area contributed by atoms with E-state index in [2.05, 4.69) is 32.1 Å². The highest BCUT2D eigenvalue weighted by Gasteiger charge is 2.17. The van der Waals surface area contributed by atoms with Gasteiger partial charge in [-0.3, -0.25) is 0 Å². The summed E-state index contributed by atoms with van der Waals surface area (Å²) in [6.07, 6.45) is 15.1. The Morgan fingerprint density at radius 2 is 1.93 bits per heavy atom. The number of allylic oxidation sites excluding steroid dienone is 6. The fourth-order valence-electron chi connectivity index (χ4n) is 2.66. The summed E-state index contributed by atoms with van der Waals surface area (Å²) in [5.74, 6) is 0.999. The lowest BCUT2D eigenvalue weighted by Gasteiger charge is -2.25. The molecule has 0 unspecified atom stereocenters. The lowest BCUT2D eigenvalue weighted by molar-refractivity contribution is 0.396. The smallest absolute Gasteiger partial charge is 0.00922 e. The molecule has 0 aromatic carbocycles. The zero-order valence-corrected chi connectivity index (χ0v) is 10.1. The topological polar surface area (TPSA) is 0 Å². The van der Waals surface area contributed by atoms with Crippen molar-refractivity contribution in [1.29, 1.82) is 0 Å². The minimum absolute atomic E-state index is 0.999. The van der Waals surface area contributed by atoms with Crippen molar-refractivity contribution in [2.45, 2.75) is 52.4 Å². The molecule has 0 atom stereocenters. The van der Waals surface area contributed by atoms with E-state index in [4.69, 9.17) is 0 Å². The Morgan fingerprint density at radius 3 is 2.47 bits per heavy atom. The third kappa shape index (κ3) is 2.62. The van der Waals surface area contributed by atoms with Crippen LogP contribution in [0.2, 0.25) is 0 Å². The fraction of sp³-hybridized carbons (Fsp3) is 0.600. The summed E-state index contributed by atoms with van der Waals surface area (Å²) in [6, 6.07) is 0. The van der Waals surface area contributed by atoms with Crippen LogP contribution in [-0.2, 0) is 0 Å². The maximum absolute atomic E-state index is 2.36. The molecule has 1 saturated carbocycles. The van der Waals surface area contributed by atoms with E-state index >= 15 is 0 Å². The molecule has 0 heterocycles. The molecule has 0 spiro atoms. The molecule has 1 fully saturated rings. The van der Waals surface area contributed by atoms with Crippen LogP contribution in [0.1, 0.15) is 52.4 Å². The van der Waals surface area contributed by atoms with Gasteiger partial charge in [0.05, 0.1) is 0 Å².